The van der Waals surface area contributed by atoms with Crippen LogP contribution in [-0.2, 0) is 24.0 Å². The van der Waals surface area contributed by atoms with Gasteiger partial charge < -0.3 is 25.4 Å². The maximum Gasteiger partial charge on any atom is 0.295 e. The number of aromatic amines is 1. The number of anilines is 2. The number of benzene rings is 3. The summed E-state index contributed by atoms with van der Waals surface area (Å²) in [6, 6.07) is 21.1. The summed E-state index contributed by atoms with van der Waals surface area (Å²) < 4.78 is 0. The summed E-state index contributed by atoms with van der Waals surface area (Å²) in [6.45, 7) is 6.00. The number of hydrogen-bond donors (Lipinski definition) is 3. The van der Waals surface area contributed by atoms with E-state index in [1.54, 1.807) is 80.0 Å². The van der Waals surface area contributed by atoms with E-state index in [4.69, 9.17) is 0 Å². The summed E-state index contributed by atoms with van der Waals surface area (Å²) in [6.07, 6.45) is 9.84. The minimum Gasteiger partial charge on any atom is -0.344 e. The lowest BCUT2D eigenvalue weighted by Gasteiger charge is -2.23. The molecule has 3 N–H and O–H groups in total. The molecule has 12 heteroatoms. The lowest BCUT2D eigenvalue weighted by Crippen LogP contribution is -2.46. The Bertz CT molecular complexity index is 2140. The van der Waals surface area contributed by atoms with Crippen molar-refractivity contribution in [1.82, 2.24) is 19.8 Å². The van der Waals surface area contributed by atoms with Crippen molar-refractivity contribution in [2.24, 2.45) is 0 Å². The molecule has 1 aromatic heterocycles. The Balaban J connectivity index is 1.08. The SMILES string of the molecule is C=C/C=C(\C=C/C)C(=O)C(=O)N1CCC[C@H]1C(=O)Nc1ccc(-c2nc[nH]c2-c2ccc(NC(=O)[C@@H]3CCCN3C(=O)C(=O)c3ccccc3)cc2)cc1. The van der Waals surface area contributed by atoms with Gasteiger partial charge in [0.05, 0.1) is 17.7 Å². The molecule has 0 radical (unpaired) electrons. The number of H-pyrrole nitrogens is 1. The van der Waals surface area contributed by atoms with Gasteiger partial charge in [0, 0.05) is 46.7 Å². The van der Waals surface area contributed by atoms with E-state index in [1.165, 1.54) is 22.0 Å². The normalized spacial score (nSPS) is 17.0. The van der Waals surface area contributed by atoms with Crippen LogP contribution in [0.2, 0.25) is 0 Å². The van der Waals surface area contributed by atoms with Gasteiger partial charge in [-0.2, -0.15) is 0 Å². The van der Waals surface area contributed by atoms with E-state index >= 15 is 0 Å². The highest BCUT2D eigenvalue weighted by molar-refractivity contribution is 6.44. The summed E-state index contributed by atoms with van der Waals surface area (Å²) in [5.41, 5.74) is 4.57. The number of imidazole rings is 1. The number of nitrogens with zero attached hydrogens (tertiary/aromatic N) is 3. The van der Waals surface area contributed by atoms with Gasteiger partial charge in [-0.1, -0.05) is 85.5 Å². The second-order valence-corrected chi connectivity index (χ2v) is 13.0. The van der Waals surface area contributed by atoms with Crippen LogP contribution in [0, 0.1) is 0 Å². The number of nitrogens with one attached hydrogen (secondary N) is 3. The van der Waals surface area contributed by atoms with Crippen molar-refractivity contribution in [3.63, 3.8) is 0 Å². The van der Waals surface area contributed by atoms with Crippen LogP contribution in [0.15, 0.2) is 122 Å². The Kier molecular flexibility index (Phi) is 11.5. The molecule has 2 atom stereocenters. The van der Waals surface area contributed by atoms with Crippen LogP contribution in [0.25, 0.3) is 22.5 Å². The molecule has 3 aromatic carbocycles. The van der Waals surface area contributed by atoms with Crippen LogP contribution in [-0.4, -0.2) is 80.1 Å². The topological polar surface area (TPSA) is 162 Å². The van der Waals surface area contributed by atoms with Gasteiger partial charge in [0.15, 0.2) is 0 Å². The van der Waals surface area contributed by atoms with E-state index < -0.39 is 35.5 Å². The molecule has 12 nitrogen and oxygen atoms in total. The monoisotopic (exact) mass is 724 g/mol. The fourth-order valence-corrected chi connectivity index (χ4v) is 6.79. The summed E-state index contributed by atoms with van der Waals surface area (Å²) in [7, 11) is 0. The van der Waals surface area contributed by atoms with Crippen molar-refractivity contribution < 1.29 is 28.8 Å². The molecule has 274 valence electrons. The molecule has 4 amide bonds. The Morgan fingerprint density at radius 1 is 0.759 bits per heavy atom. The Morgan fingerprint density at radius 2 is 1.31 bits per heavy atom. The summed E-state index contributed by atoms with van der Waals surface area (Å²) >= 11 is 0. The molecule has 4 aromatic rings. The van der Waals surface area contributed by atoms with Gasteiger partial charge >= 0.3 is 0 Å². The van der Waals surface area contributed by atoms with Crippen LogP contribution < -0.4 is 10.6 Å². The average molecular weight is 725 g/mol. The van der Waals surface area contributed by atoms with Gasteiger partial charge in [0.2, 0.25) is 23.4 Å². The summed E-state index contributed by atoms with van der Waals surface area (Å²) in [4.78, 5) is 88.7. The van der Waals surface area contributed by atoms with Crippen molar-refractivity contribution in [2.75, 3.05) is 23.7 Å². The first-order valence-corrected chi connectivity index (χ1v) is 17.8. The minimum absolute atomic E-state index is 0.207. The van der Waals surface area contributed by atoms with Crippen molar-refractivity contribution in [3.05, 3.63) is 127 Å². The molecule has 0 saturated carbocycles. The van der Waals surface area contributed by atoms with Crippen molar-refractivity contribution in [2.45, 2.75) is 44.7 Å². The van der Waals surface area contributed by atoms with Crippen LogP contribution in [0.5, 0.6) is 0 Å². The first-order chi connectivity index (χ1) is 26.2. The highest BCUT2D eigenvalue weighted by Crippen LogP contribution is 2.31. The predicted octanol–water partition coefficient (Wildman–Crippen LogP) is 5.74. The third-order valence-electron chi connectivity index (χ3n) is 9.47. The van der Waals surface area contributed by atoms with Crippen molar-refractivity contribution in [3.8, 4) is 22.5 Å². The lowest BCUT2D eigenvalue weighted by atomic mass is 10.0. The fraction of sp³-hybridized carbons (Fsp3) is 0.214. The van der Waals surface area contributed by atoms with Crippen LogP contribution in [0.4, 0.5) is 11.4 Å². The predicted molar refractivity (Wildman–Crippen MR) is 205 cm³/mol. The van der Waals surface area contributed by atoms with Crippen LogP contribution in [0.1, 0.15) is 43.0 Å². The zero-order chi connectivity index (χ0) is 38.2. The molecule has 3 heterocycles. The molecule has 6 rings (SSSR count). The smallest absolute Gasteiger partial charge is 0.295 e. The number of likely N-dealkylation sites (tertiary alicyclic amines) is 2. The van der Waals surface area contributed by atoms with Gasteiger partial charge in [-0.3, -0.25) is 28.8 Å². The molecule has 0 spiro atoms. The van der Waals surface area contributed by atoms with Gasteiger partial charge in [0.25, 0.3) is 11.8 Å². The third-order valence-corrected chi connectivity index (χ3v) is 9.47. The number of aromatic nitrogens is 2. The average Bonchev–Trinajstić information content (AvgIpc) is 4.00. The maximum absolute atomic E-state index is 13.3. The van der Waals surface area contributed by atoms with Gasteiger partial charge in [0.1, 0.15) is 12.1 Å². The zero-order valence-corrected chi connectivity index (χ0v) is 29.8. The molecule has 2 saturated heterocycles. The summed E-state index contributed by atoms with van der Waals surface area (Å²) in [5.74, 6) is -3.46. The molecule has 0 unspecified atom stereocenters. The standard InChI is InChI=1S/C42H40N6O6/c1-3-10-29(11-4-2)37(49)41(53)47-24-8-14-33(47)39(51)45-31-20-16-27(17-21-31)35-36(44-26-43-35)28-18-22-32(23-19-28)46-40(52)34-15-9-25-48(34)42(54)38(50)30-12-6-5-7-13-30/h3-7,10-13,16-23,26,33-34H,1,8-9,14-15,24-25H2,2H3,(H,43,44)(H,45,51)(H,46,52)/b11-4-,29-10+/t33-,34-/m0/s1. The number of amides is 4. The number of carbonyl (C=O) groups excluding carboxylic acids is 6. The Hall–Kier alpha value is -6.69. The number of allylic oxidation sites excluding steroid dienone is 4. The van der Waals surface area contributed by atoms with Gasteiger partial charge in [-0.05, 0) is 56.9 Å². The van der Waals surface area contributed by atoms with Crippen molar-refractivity contribution in [1.29, 1.82) is 0 Å². The van der Waals surface area contributed by atoms with E-state index in [0.29, 0.717) is 55.8 Å². The highest BCUT2D eigenvalue weighted by atomic mass is 16.2. The van der Waals surface area contributed by atoms with E-state index in [9.17, 15) is 28.8 Å². The summed E-state index contributed by atoms with van der Waals surface area (Å²) in [5, 5.41) is 5.77. The second kappa shape index (κ2) is 16.8. The first-order valence-electron chi connectivity index (χ1n) is 17.8. The fourth-order valence-electron chi connectivity index (χ4n) is 6.79. The number of hydrogen-bond acceptors (Lipinski definition) is 7. The van der Waals surface area contributed by atoms with Gasteiger partial charge in [-0.25, -0.2) is 4.98 Å². The van der Waals surface area contributed by atoms with Gasteiger partial charge in [-0.15, -0.1) is 0 Å². The molecular formula is C42H40N6O6. The van der Waals surface area contributed by atoms with E-state index in [0.717, 1.165) is 16.8 Å². The highest BCUT2D eigenvalue weighted by Gasteiger charge is 2.38. The Labute approximate surface area is 312 Å². The molecule has 0 bridgehead atoms. The van der Waals surface area contributed by atoms with Crippen LogP contribution >= 0.6 is 0 Å². The molecule has 2 fully saturated rings. The van der Waals surface area contributed by atoms with E-state index in [1.807, 2.05) is 24.3 Å². The van der Waals surface area contributed by atoms with E-state index in [2.05, 4.69) is 27.2 Å². The first kappa shape index (κ1) is 37.1. The molecule has 0 aliphatic carbocycles. The molecule has 2 aliphatic heterocycles. The molecule has 2 aliphatic rings. The largest absolute Gasteiger partial charge is 0.344 e. The van der Waals surface area contributed by atoms with Crippen molar-refractivity contribution >= 4 is 46.6 Å². The molecular weight excluding hydrogens is 684 g/mol. The number of carbonyl (C=O) groups is 6. The third kappa shape index (κ3) is 8.02. The molecule has 54 heavy (non-hydrogen) atoms. The maximum atomic E-state index is 13.3. The quantitative estimate of drug-likeness (QED) is 0.0726. The zero-order valence-electron chi connectivity index (χ0n) is 29.8. The van der Waals surface area contributed by atoms with E-state index in [-0.39, 0.29) is 23.0 Å². The number of Topliss-reactive ketones (excluding diaryl/α,β-unsaturated/α-hetero) is 2. The van der Waals surface area contributed by atoms with Crippen LogP contribution in [0.3, 0.4) is 0 Å². The lowest BCUT2D eigenvalue weighted by molar-refractivity contribution is -0.144. The minimum atomic E-state index is -0.772. The Morgan fingerprint density at radius 3 is 1.87 bits per heavy atom. The second-order valence-electron chi connectivity index (χ2n) is 13.0. The number of rotatable bonds is 12. The number of ketones is 2.